The van der Waals surface area contributed by atoms with Crippen molar-refractivity contribution >= 4 is 17.5 Å². The second kappa shape index (κ2) is 10.8. The number of morpholine rings is 1. The molecule has 0 aromatic heterocycles. The average Bonchev–Trinajstić information content (AvgIpc) is 2.84. The number of ether oxygens (including phenoxy) is 1. The number of anilines is 1. The summed E-state index contributed by atoms with van der Waals surface area (Å²) in [5.74, 6) is -1.21. The highest BCUT2D eigenvalue weighted by atomic mass is 16.5. The van der Waals surface area contributed by atoms with Gasteiger partial charge in [0.05, 0.1) is 19.3 Å². The predicted molar refractivity (Wildman–Crippen MR) is 129 cm³/mol. The quantitative estimate of drug-likeness (QED) is 0.660. The topological polar surface area (TPSA) is 73.9 Å². The number of amides is 2. The van der Waals surface area contributed by atoms with E-state index in [9.17, 15) is 9.59 Å². The number of hydrogen-bond acceptors (Lipinski definition) is 5. The molecule has 2 amide bonds. The molecule has 0 unspecified atom stereocenters. The Hall–Kier alpha value is -2.90. The van der Waals surface area contributed by atoms with E-state index in [-0.39, 0.29) is 6.04 Å². The largest absolute Gasteiger partial charge is 0.379 e. The van der Waals surface area contributed by atoms with E-state index in [4.69, 9.17) is 4.74 Å². The minimum Gasteiger partial charge on any atom is -0.379 e. The summed E-state index contributed by atoms with van der Waals surface area (Å²) in [6, 6.07) is 14.5. The lowest BCUT2D eigenvalue weighted by atomic mass is 9.95. The van der Waals surface area contributed by atoms with Gasteiger partial charge in [-0.05, 0) is 42.5 Å². The van der Waals surface area contributed by atoms with E-state index in [0.717, 1.165) is 43.6 Å². The van der Waals surface area contributed by atoms with Gasteiger partial charge < -0.3 is 20.3 Å². The number of aryl methyl sites for hydroxylation is 2. The van der Waals surface area contributed by atoms with Crippen molar-refractivity contribution in [1.29, 1.82) is 0 Å². The second-order valence-electron chi connectivity index (χ2n) is 8.96. The van der Waals surface area contributed by atoms with Crippen LogP contribution in [0.25, 0.3) is 0 Å². The SMILES string of the molecule is Cc1ccc(CNC(=O)C(=O)NC[C@H](c2ccc3c(c2)CCCN3C)N2CCOCC2)cc1. The zero-order chi connectivity index (χ0) is 23.2. The molecule has 0 aliphatic carbocycles. The van der Waals surface area contributed by atoms with Gasteiger partial charge in [-0.2, -0.15) is 0 Å². The predicted octanol–water partition coefficient (Wildman–Crippen LogP) is 2.18. The van der Waals surface area contributed by atoms with Gasteiger partial charge in [-0.15, -0.1) is 0 Å². The molecule has 1 atom stereocenters. The van der Waals surface area contributed by atoms with Gasteiger partial charge in [0.1, 0.15) is 0 Å². The number of nitrogens with one attached hydrogen (secondary N) is 2. The lowest BCUT2D eigenvalue weighted by Crippen LogP contribution is -2.46. The molecule has 0 spiro atoms. The first kappa shape index (κ1) is 23.3. The Kier molecular flexibility index (Phi) is 7.62. The van der Waals surface area contributed by atoms with E-state index in [2.05, 4.69) is 45.7 Å². The number of carbonyl (C=O) groups excluding carboxylic acids is 2. The van der Waals surface area contributed by atoms with E-state index < -0.39 is 11.8 Å². The standard InChI is InChI=1S/C26H34N4O3/c1-19-5-7-20(8-6-19)17-27-25(31)26(32)28-18-24(30-12-14-33-15-13-30)22-9-10-23-21(16-22)4-3-11-29(23)2/h5-10,16,24H,3-4,11-15,17-18H2,1-2H3,(H,27,31)(H,28,32)/t24-/m1/s1. The van der Waals surface area contributed by atoms with Gasteiger partial charge in [-0.1, -0.05) is 42.0 Å². The zero-order valence-electron chi connectivity index (χ0n) is 19.6. The van der Waals surface area contributed by atoms with E-state index in [1.54, 1.807) is 0 Å². The maximum atomic E-state index is 12.5. The van der Waals surface area contributed by atoms with Crippen LogP contribution in [0.4, 0.5) is 5.69 Å². The molecule has 0 bridgehead atoms. The van der Waals surface area contributed by atoms with Crippen molar-refractivity contribution in [3.8, 4) is 0 Å². The summed E-state index contributed by atoms with van der Waals surface area (Å²) in [6.45, 7) is 6.76. The number of carbonyl (C=O) groups is 2. The van der Waals surface area contributed by atoms with Gasteiger partial charge in [0.25, 0.3) is 0 Å². The Morgan fingerprint density at radius 1 is 1.00 bits per heavy atom. The van der Waals surface area contributed by atoms with Crippen LogP contribution in [0.3, 0.4) is 0 Å². The summed E-state index contributed by atoms with van der Waals surface area (Å²) in [4.78, 5) is 29.5. The lowest BCUT2D eigenvalue weighted by Gasteiger charge is -2.36. The molecule has 1 fully saturated rings. The Bertz CT molecular complexity index is 970. The third-order valence-corrected chi connectivity index (χ3v) is 6.56. The molecular weight excluding hydrogens is 416 g/mol. The molecule has 2 heterocycles. The fraction of sp³-hybridized carbons (Fsp3) is 0.462. The molecular formula is C26H34N4O3. The summed E-state index contributed by atoms with van der Waals surface area (Å²) in [5, 5.41) is 5.59. The van der Waals surface area contributed by atoms with Gasteiger partial charge in [-0.3, -0.25) is 14.5 Å². The molecule has 2 aliphatic rings. The Labute approximate surface area is 196 Å². The Balaban J connectivity index is 1.40. The fourth-order valence-corrected chi connectivity index (χ4v) is 4.60. The molecule has 1 saturated heterocycles. The van der Waals surface area contributed by atoms with E-state index in [1.165, 1.54) is 16.8 Å². The first-order chi connectivity index (χ1) is 16.0. The average molecular weight is 451 g/mol. The summed E-state index contributed by atoms with van der Waals surface area (Å²) in [7, 11) is 2.13. The van der Waals surface area contributed by atoms with Gasteiger partial charge in [0.15, 0.2) is 0 Å². The van der Waals surface area contributed by atoms with E-state index in [0.29, 0.717) is 26.3 Å². The van der Waals surface area contributed by atoms with Crippen LogP contribution in [0.2, 0.25) is 0 Å². The number of nitrogens with zero attached hydrogens (tertiary/aromatic N) is 2. The third kappa shape index (κ3) is 5.92. The summed E-state index contributed by atoms with van der Waals surface area (Å²) in [6.07, 6.45) is 2.21. The van der Waals surface area contributed by atoms with Crippen molar-refractivity contribution in [2.75, 3.05) is 51.3 Å². The van der Waals surface area contributed by atoms with Crippen LogP contribution in [0.5, 0.6) is 0 Å². The normalized spacial score (nSPS) is 17.2. The smallest absolute Gasteiger partial charge is 0.309 e. The Morgan fingerprint density at radius 2 is 1.73 bits per heavy atom. The summed E-state index contributed by atoms with van der Waals surface area (Å²) in [5.41, 5.74) is 5.93. The molecule has 7 nitrogen and oxygen atoms in total. The fourth-order valence-electron chi connectivity index (χ4n) is 4.60. The van der Waals surface area contributed by atoms with Crippen molar-refractivity contribution in [2.24, 2.45) is 0 Å². The number of hydrogen-bond donors (Lipinski definition) is 2. The van der Waals surface area contributed by atoms with Crippen LogP contribution in [0, 0.1) is 6.92 Å². The third-order valence-electron chi connectivity index (χ3n) is 6.56. The molecule has 2 aliphatic heterocycles. The van der Waals surface area contributed by atoms with E-state index >= 15 is 0 Å². The van der Waals surface area contributed by atoms with Crippen molar-refractivity contribution in [3.05, 3.63) is 64.7 Å². The van der Waals surface area contributed by atoms with Gasteiger partial charge in [0, 0.05) is 45.5 Å². The summed E-state index contributed by atoms with van der Waals surface area (Å²) >= 11 is 0. The molecule has 176 valence electrons. The molecule has 2 aromatic rings. The van der Waals surface area contributed by atoms with Crippen molar-refractivity contribution in [2.45, 2.75) is 32.4 Å². The molecule has 0 saturated carbocycles. The maximum Gasteiger partial charge on any atom is 0.309 e. The minimum absolute atomic E-state index is 0.000260. The van der Waals surface area contributed by atoms with Gasteiger partial charge in [-0.25, -0.2) is 0 Å². The summed E-state index contributed by atoms with van der Waals surface area (Å²) < 4.78 is 5.54. The van der Waals surface area contributed by atoms with Crippen molar-refractivity contribution < 1.29 is 14.3 Å². The number of rotatable bonds is 6. The molecule has 7 heteroatoms. The zero-order valence-corrected chi connectivity index (χ0v) is 19.6. The van der Waals surface area contributed by atoms with Gasteiger partial charge >= 0.3 is 11.8 Å². The maximum absolute atomic E-state index is 12.5. The van der Waals surface area contributed by atoms with Crippen molar-refractivity contribution in [3.63, 3.8) is 0 Å². The monoisotopic (exact) mass is 450 g/mol. The molecule has 2 aromatic carbocycles. The minimum atomic E-state index is -0.608. The highest BCUT2D eigenvalue weighted by Crippen LogP contribution is 2.30. The Morgan fingerprint density at radius 3 is 2.48 bits per heavy atom. The first-order valence-corrected chi connectivity index (χ1v) is 11.8. The molecule has 4 rings (SSSR count). The second-order valence-corrected chi connectivity index (χ2v) is 8.96. The van der Waals surface area contributed by atoms with Crippen LogP contribution < -0.4 is 15.5 Å². The van der Waals surface area contributed by atoms with Crippen LogP contribution in [0.15, 0.2) is 42.5 Å². The van der Waals surface area contributed by atoms with Crippen LogP contribution in [-0.4, -0.2) is 63.2 Å². The first-order valence-electron chi connectivity index (χ1n) is 11.8. The van der Waals surface area contributed by atoms with E-state index in [1.807, 2.05) is 31.2 Å². The van der Waals surface area contributed by atoms with Crippen LogP contribution in [-0.2, 0) is 27.3 Å². The molecule has 2 N–H and O–H groups in total. The lowest BCUT2D eigenvalue weighted by molar-refractivity contribution is -0.139. The number of fused-ring (bicyclic) bond motifs is 1. The molecule has 0 radical (unpaired) electrons. The van der Waals surface area contributed by atoms with Crippen LogP contribution in [0.1, 0.15) is 34.7 Å². The van der Waals surface area contributed by atoms with Gasteiger partial charge in [0.2, 0.25) is 0 Å². The number of benzene rings is 2. The molecule has 33 heavy (non-hydrogen) atoms. The highest BCUT2D eigenvalue weighted by Gasteiger charge is 2.26. The highest BCUT2D eigenvalue weighted by molar-refractivity contribution is 6.35. The van der Waals surface area contributed by atoms with Crippen molar-refractivity contribution in [1.82, 2.24) is 15.5 Å². The van der Waals surface area contributed by atoms with Crippen LogP contribution >= 0.6 is 0 Å².